The Labute approximate surface area is 224 Å². The fourth-order valence-electron chi connectivity index (χ4n) is 5.81. The van der Waals surface area contributed by atoms with E-state index in [9.17, 15) is 8.42 Å². The molecule has 0 aliphatic carbocycles. The van der Waals surface area contributed by atoms with Gasteiger partial charge in [0.2, 0.25) is 0 Å². The van der Waals surface area contributed by atoms with Crippen LogP contribution in [0, 0.1) is 6.92 Å². The molecule has 3 rings (SSSR count). The molecule has 0 unspecified atom stereocenters. The Morgan fingerprint density at radius 1 is 0.722 bits per heavy atom. The van der Waals surface area contributed by atoms with E-state index < -0.39 is 28.4 Å². The van der Waals surface area contributed by atoms with Gasteiger partial charge in [0.25, 0.3) is 0 Å². The van der Waals surface area contributed by atoms with Gasteiger partial charge >= 0.3 is 226 Å². The van der Waals surface area contributed by atoms with Crippen LogP contribution < -0.4 is 3.58 Å². The van der Waals surface area contributed by atoms with Crippen molar-refractivity contribution in [2.75, 3.05) is 0 Å². The summed E-state index contributed by atoms with van der Waals surface area (Å²) in [5, 5.41) is 1.23. The molecule has 0 spiro atoms. The maximum absolute atomic E-state index is 14.3. The quantitative estimate of drug-likeness (QED) is 0.161. The second-order valence-electron chi connectivity index (χ2n) is 10.6. The number of nitrogens with zero attached hydrogens (tertiary/aromatic N) is 1. The fraction of sp³-hybridized carbons (Fsp3) is 0.548. The van der Waals surface area contributed by atoms with E-state index in [1.165, 1.54) is 57.2 Å². The first-order valence-corrected chi connectivity index (χ1v) is 23.2. The summed E-state index contributed by atoms with van der Waals surface area (Å²) in [5.41, 5.74) is 3.09. The Hall–Kier alpha value is -1.27. The molecule has 3 aromatic rings. The van der Waals surface area contributed by atoms with Gasteiger partial charge in [-0.15, -0.1) is 0 Å². The molecule has 0 radical (unpaired) electrons. The Kier molecular flexibility index (Phi) is 11.0. The predicted octanol–water partition coefficient (Wildman–Crippen LogP) is 8.59. The van der Waals surface area contributed by atoms with E-state index in [0.29, 0.717) is 4.90 Å². The first kappa shape index (κ1) is 29.3. The van der Waals surface area contributed by atoms with Crippen molar-refractivity contribution in [3.63, 3.8) is 0 Å². The second kappa shape index (κ2) is 13.5. The van der Waals surface area contributed by atoms with Crippen LogP contribution in [0.25, 0.3) is 10.9 Å². The topological polar surface area (TPSA) is 39.1 Å². The molecule has 0 atom stereocenters. The van der Waals surface area contributed by atoms with E-state index in [1.807, 2.05) is 25.1 Å². The zero-order valence-electron chi connectivity index (χ0n) is 23.3. The molecule has 0 aliphatic rings. The molecule has 0 amide bonds. The van der Waals surface area contributed by atoms with Crippen LogP contribution in [0.3, 0.4) is 0 Å². The van der Waals surface area contributed by atoms with Gasteiger partial charge in [-0.2, -0.15) is 0 Å². The first-order valence-electron chi connectivity index (χ1n) is 14.3. The van der Waals surface area contributed by atoms with Crippen molar-refractivity contribution in [1.82, 2.24) is 3.97 Å². The average molecular weight is 617 g/mol. The molecule has 3 nitrogen and oxygen atoms in total. The van der Waals surface area contributed by atoms with Crippen molar-refractivity contribution in [3.05, 3.63) is 59.8 Å². The molecule has 0 aliphatic heterocycles. The molecule has 0 N–H and O–H groups in total. The summed E-state index contributed by atoms with van der Waals surface area (Å²) in [7, 11) is -3.69. The third kappa shape index (κ3) is 6.23. The standard InChI is InChI=1S/C19H20NO2S.3C4H9.Sn/c1-3-4-8-17-14-16-7-5-6-9-19(16)20(17)23(21,22)18-12-10-15(2)11-13-18;3*1-3-4-2;/h5-7,9-13H,3-4,8H2,1-2H3;3*1,3-4H2,2H3;. The van der Waals surface area contributed by atoms with Gasteiger partial charge in [-0.1, -0.05) is 0 Å². The molecular weight excluding hydrogens is 569 g/mol. The van der Waals surface area contributed by atoms with Crippen LogP contribution in [0.5, 0.6) is 0 Å². The zero-order chi connectivity index (χ0) is 26.2. The average Bonchev–Trinajstić information content (AvgIpc) is 3.23. The summed E-state index contributed by atoms with van der Waals surface area (Å²) in [6.07, 6.45) is 10.3. The van der Waals surface area contributed by atoms with E-state index >= 15 is 0 Å². The van der Waals surface area contributed by atoms with E-state index in [4.69, 9.17) is 0 Å². The van der Waals surface area contributed by atoms with Crippen molar-refractivity contribution in [2.45, 2.75) is 111 Å². The summed E-state index contributed by atoms with van der Waals surface area (Å²) in [6.45, 7) is 11.1. The SMILES string of the molecule is CCCCc1[c]([Sn]([CH2]CCC)([CH2]CCC)[CH2]CCC)c2ccccc2n1S(=O)(=O)c1ccc(C)cc1. The number of hydrogen-bond acceptors (Lipinski definition) is 2. The molecule has 1 heterocycles. The predicted molar refractivity (Wildman–Crippen MR) is 159 cm³/mol. The summed E-state index contributed by atoms with van der Waals surface area (Å²) in [4.78, 5) is 0.398. The van der Waals surface area contributed by atoms with Gasteiger partial charge in [0.05, 0.1) is 0 Å². The fourth-order valence-corrected chi connectivity index (χ4v) is 25.4. The number of para-hydroxylation sites is 1. The van der Waals surface area contributed by atoms with Gasteiger partial charge in [0, 0.05) is 0 Å². The molecule has 36 heavy (non-hydrogen) atoms. The number of benzene rings is 2. The minimum atomic E-state index is -3.69. The van der Waals surface area contributed by atoms with Gasteiger partial charge in [0.15, 0.2) is 0 Å². The molecule has 0 bridgehead atoms. The molecule has 0 saturated heterocycles. The summed E-state index contributed by atoms with van der Waals surface area (Å²) in [6, 6.07) is 15.8. The van der Waals surface area contributed by atoms with Crippen molar-refractivity contribution >= 4 is 42.9 Å². The maximum atomic E-state index is 14.3. The van der Waals surface area contributed by atoms with Gasteiger partial charge < -0.3 is 0 Å². The van der Waals surface area contributed by atoms with E-state index in [0.717, 1.165) is 36.0 Å². The Morgan fingerprint density at radius 2 is 1.25 bits per heavy atom. The van der Waals surface area contributed by atoms with Crippen molar-refractivity contribution in [1.29, 1.82) is 0 Å². The number of hydrogen-bond donors (Lipinski definition) is 0. The van der Waals surface area contributed by atoms with Crippen LogP contribution in [0.4, 0.5) is 0 Å². The minimum absolute atomic E-state index is 0.398. The first-order chi connectivity index (χ1) is 17.4. The number of aromatic nitrogens is 1. The molecule has 0 fully saturated rings. The monoisotopic (exact) mass is 617 g/mol. The number of fused-ring (bicyclic) bond motifs is 1. The summed E-state index contributed by atoms with van der Waals surface area (Å²) in [5.74, 6) is 0. The van der Waals surface area contributed by atoms with Crippen LogP contribution in [-0.2, 0) is 16.4 Å². The van der Waals surface area contributed by atoms with Crippen LogP contribution in [-0.4, -0.2) is 30.8 Å². The van der Waals surface area contributed by atoms with Crippen LogP contribution in [0.1, 0.15) is 90.3 Å². The Morgan fingerprint density at radius 3 is 1.78 bits per heavy atom. The molecule has 5 heteroatoms. The normalized spacial score (nSPS) is 12.5. The van der Waals surface area contributed by atoms with E-state index in [-0.39, 0.29) is 0 Å². The zero-order valence-corrected chi connectivity index (χ0v) is 26.9. The second-order valence-corrected chi connectivity index (χ2v) is 25.4. The number of aryl methyl sites for hydroxylation is 1. The van der Waals surface area contributed by atoms with Crippen molar-refractivity contribution in [2.24, 2.45) is 0 Å². The molecular formula is C31H47NO2SSn. The molecule has 2 aromatic carbocycles. The molecule has 0 saturated carbocycles. The van der Waals surface area contributed by atoms with Gasteiger partial charge in [-0.05, 0) is 0 Å². The number of unbranched alkanes of at least 4 members (excludes halogenated alkanes) is 4. The van der Waals surface area contributed by atoms with Crippen molar-refractivity contribution in [3.8, 4) is 0 Å². The van der Waals surface area contributed by atoms with Crippen LogP contribution >= 0.6 is 0 Å². The Bertz CT molecular complexity index is 1190. The van der Waals surface area contributed by atoms with Gasteiger partial charge in [-0.25, -0.2) is 0 Å². The molecule has 198 valence electrons. The van der Waals surface area contributed by atoms with Gasteiger partial charge in [-0.3, -0.25) is 0 Å². The molecule has 1 aromatic heterocycles. The van der Waals surface area contributed by atoms with E-state index in [1.54, 1.807) is 19.7 Å². The van der Waals surface area contributed by atoms with Crippen LogP contribution in [0.2, 0.25) is 13.3 Å². The summed E-state index contributed by atoms with van der Waals surface area (Å²) < 4.78 is 36.0. The van der Waals surface area contributed by atoms with Gasteiger partial charge in [0.1, 0.15) is 0 Å². The summed E-state index contributed by atoms with van der Waals surface area (Å²) >= 11 is -2.95. The third-order valence-electron chi connectivity index (χ3n) is 7.81. The van der Waals surface area contributed by atoms with Crippen LogP contribution in [0.15, 0.2) is 53.4 Å². The number of rotatable bonds is 15. The Balaban J connectivity index is 2.41. The van der Waals surface area contributed by atoms with E-state index in [2.05, 4.69) is 45.9 Å². The third-order valence-corrected chi connectivity index (χ3v) is 25.4. The van der Waals surface area contributed by atoms with Crippen molar-refractivity contribution < 1.29 is 8.42 Å².